The molecule has 40 heavy (non-hydrogen) atoms. The zero-order valence-electron chi connectivity index (χ0n) is 22.7. The number of benzene rings is 4. The number of para-hydroxylation sites is 2. The molecule has 6 rings (SSSR count). The van der Waals surface area contributed by atoms with Crippen molar-refractivity contribution < 1.29 is 14.3 Å². The number of rotatable bonds is 7. The predicted molar refractivity (Wildman–Crippen MR) is 159 cm³/mol. The standard InChI is InChI=1S/C33H30N4O3/c1-4-40-27-20-19-23-13-11-12-18-26(23)30(27)31(28-21(2)34-36(32(28)38)24-14-7-5-8-15-24)29-22(3)35-37(33(29)39)25-16-9-6-10-17-25/h5-20,28-29,31H,4H2,1-3H3. The maximum atomic E-state index is 14.3. The number of fused-ring (bicyclic) bond motifs is 1. The van der Waals surface area contributed by atoms with Crippen LogP contribution in [0.1, 0.15) is 32.3 Å². The number of amides is 2. The fourth-order valence-electron chi connectivity index (χ4n) is 5.92. The van der Waals surface area contributed by atoms with Crippen LogP contribution in [0.2, 0.25) is 0 Å². The van der Waals surface area contributed by atoms with E-state index in [0.29, 0.717) is 35.2 Å². The topological polar surface area (TPSA) is 74.6 Å². The molecule has 7 nitrogen and oxygen atoms in total. The lowest BCUT2D eigenvalue weighted by Gasteiger charge is -2.31. The van der Waals surface area contributed by atoms with E-state index in [0.717, 1.165) is 16.3 Å². The first-order chi connectivity index (χ1) is 19.5. The third-order valence-electron chi connectivity index (χ3n) is 7.65. The highest BCUT2D eigenvalue weighted by Gasteiger charge is 2.51. The Kier molecular flexibility index (Phi) is 6.64. The van der Waals surface area contributed by atoms with E-state index >= 15 is 0 Å². The van der Waals surface area contributed by atoms with Crippen LogP contribution in [0.15, 0.2) is 107 Å². The van der Waals surface area contributed by atoms with Crippen LogP contribution in [0.3, 0.4) is 0 Å². The Bertz CT molecular complexity index is 1570. The van der Waals surface area contributed by atoms with Crippen LogP contribution < -0.4 is 14.8 Å². The minimum absolute atomic E-state index is 0.178. The van der Waals surface area contributed by atoms with Gasteiger partial charge in [0.2, 0.25) is 0 Å². The molecular formula is C33H30N4O3. The number of ether oxygens (including phenoxy) is 1. The van der Waals surface area contributed by atoms with Crippen molar-refractivity contribution in [1.29, 1.82) is 0 Å². The summed E-state index contributed by atoms with van der Waals surface area (Å²) in [6.07, 6.45) is 0. The molecule has 2 unspecified atom stereocenters. The third-order valence-corrected chi connectivity index (χ3v) is 7.65. The molecule has 0 radical (unpaired) electrons. The third kappa shape index (κ3) is 4.24. The van der Waals surface area contributed by atoms with Gasteiger partial charge >= 0.3 is 0 Å². The van der Waals surface area contributed by atoms with Crippen LogP contribution in [-0.2, 0) is 9.59 Å². The Morgan fingerprint density at radius 3 is 1.73 bits per heavy atom. The lowest BCUT2D eigenvalue weighted by Crippen LogP contribution is -2.40. The fourth-order valence-corrected chi connectivity index (χ4v) is 5.92. The largest absolute Gasteiger partial charge is 0.494 e. The van der Waals surface area contributed by atoms with Crippen molar-refractivity contribution in [2.75, 3.05) is 16.6 Å². The summed E-state index contributed by atoms with van der Waals surface area (Å²) in [6.45, 7) is 6.11. The van der Waals surface area contributed by atoms with Gasteiger partial charge in [0.25, 0.3) is 11.8 Å². The average molecular weight is 531 g/mol. The first-order valence-electron chi connectivity index (χ1n) is 13.5. The molecule has 7 heteroatoms. The van der Waals surface area contributed by atoms with Gasteiger partial charge in [-0.05, 0) is 61.9 Å². The highest BCUT2D eigenvalue weighted by Crippen LogP contribution is 2.47. The molecule has 0 bridgehead atoms. The maximum absolute atomic E-state index is 14.3. The van der Waals surface area contributed by atoms with Gasteiger partial charge in [-0.3, -0.25) is 9.59 Å². The summed E-state index contributed by atoms with van der Waals surface area (Å²) >= 11 is 0. The van der Waals surface area contributed by atoms with Gasteiger partial charge in [0.15, 0.2) is 0 Å². The summed E-state index contributed by atoms with van der Waals surface area (Å²) in [5.74, 6) is -1.68. The van der Waals surface area contributed by atoms with Crippen LogP contribution in [0.25, 0.3) is 10.8 Å². The number of carbonyl (C=O) groups excluding carboxylic acids is 2. The quantitative estimate of drug-likeness (QED) is 0.278. The molecule has 2 aliphatic heterocycles. The van der Waals surface area contributed by atoms with E-state index in [1.54, 1.807) is 0 Å². The average Bonchev–Trinajstić information content (AvgIpc) is 3.45. The molecule has 2 aliphatic rings. The SMILES string of the molecule is CCOc1ccc2ccccc2c1C(C1C(=O)N(c2ccccc2)N=C1C)C1C(=O)N(c2ccccc2)N=C1C. The Morgan fingerprint density at radius 1 is 0.700 bits per heavy atom. The highest BCUT2D eigenvalue weighted by molar-refractivity contribution is 6.20. The minimum Gasteiger partial charge on any atom is -0.494 e. The number of anilines is 2. The Balaban J connectivity index is 1.55. The molecule has 0 saturated heterocycles. The summed E-state index contributed by atoms with van der Waals surface area (Å²) in [4.78, 5) is 28.5. The number of hydrogen-bond acceptors (Lipinski definition) is 5. The molecule has 2 amide bonds. The van der Waals surface area contributed by atoms with Crippen molar-refractivity contribution in [1.82, 2.24) is 0 Å². The molecule has 0 fully saturated rings. The monoisotopic (exact) mass is 530 g/mol. The number of carbonyl (C=O) groups is 2. The second-order valence-electron chi connectivity index (χ2n) is 10.1. The van der Waals surface area contributed by atoms with E-state index in [-0.39, 0.29) is 11.8 Å². The Labute approximate surface area is 233 Å². The summed E-state index contributed by atoms with van der Waals surface area (Å²) in [5, 5.41) is 14.3. The van der Waals surface area contributed by atoms with Gasteiger partial charge in [-0.1, -0.05) is 66.7 Å². The van der Waals surface area contributed by atoms with Crippen LogP contribution in [0.5, 0.6) is 5.75 Å². The van der Waals surface area contributed by atoms with Crippen molar-refractivity contribution >= 4 is 45.4 Å². The van der Waals surface area contributed by atoms with Gasteiger partial charge in [0, 0.05) is 22.9 Å². The maximum Gasteiger partial charge on any atom is 0.256 e. The van der Waals surface area contributed by atoms with Gasteiger partial charge in [-0.2, -0.15) is 10.2 Å². The molecular weight excluding hydrogens is 500 g/mol. The smallest absolute Gasteiger partial charge is 0.256 e. The van der Waals surface area contributed by atoms with E-state index in [1.807, 2.05) is 118 Å². The van der Waals surface area contributed by atoms with Crippen molar-refractivity contribution in [2.24, 2.45) is 22.0 Å². The summed E-state index contributed by atoms with van der Waals surface area (Å²) in [5.41, 5.74) is 3.49. The number of hydrogen-bond donors (Lipinski definition) is 0. The van der Waals surface area contributed by atoms with E-state index < -0.39 is 17.8 Å². The molecule has 2 heterocycles. The van der Waals surface area contributed by atoms with E-state index in [9.17, 15) is 9.59 Å². The first-order valence-corrected chi connectivity index (χ1v) is 13.5. The molecule has 0 aliphatic carbocycles. The lowest BCUT2D eigenvalue weighted by atomic mass is 9.71. The Morgan fingerprint density at radius 2 is 1.20 bits per heavy atom. The molecule has 200 valence electrons. The number of hydrazone groups is 2. The summed E-state index contributed by atoms with van der Waals surface area (Å²) in [6, 6.07) is 30.7. The van der Waals surface area contributed by atoms with Gasteiger partial charge < -0.3 is 4.74 Å². The normalized spacial score (nSPS) is 19.7. The van der Waals surface area contributed by atoms with E-state index in [1.165, 1.54) is 10.0 Å². The second kappa shape index (κ2) is 10.4. The van der Waals surface area contributed by atoms with Crippen LogP contribution in [0, 0.1) is 11.8 Å². The van der Waals surface area contributed by atoms with Gasteiger partial charge in [0.05, 0.1) is 29.8 Å². The van der Waals surface area contributed by atoms with Gasteiger partial charge in [-0.15, -0.1) is 0 Å². The molecule has 0 N–H and O–H groups in total. The van der Waals surface area contributed by atoms with Gasteiger partial charge in [-0.25, -0.2) is 10.0 Å². The van der Waals surface area contributed by atoms with Crippen LogP contribution in [-0.4, -0.2) is 29.8 Å². The highest BCUT2D eigenvalue weighted by atomic mass is 16.5. The van der Waals surface area contributed by atoms with Crippen molar-refractivity contribution in [3.8, 4) is 5.75 Å². The molecule has 4 aromatic carbocycles. The van der Waals surface area contributed by atoms with Crippen LogP contribution in [0.4, 0.5) is 11.4 Å². The predicted octanol–water partition coefficient (Wildman–Crippen LogP) is 6.40. The molecule has 2 atom stereocenters. The molecule has 0 saturated carbocycles. The minimum atomic E-state index is -0.694. The lowest BCUT2D eigenvalue weighted by molar-refractivity contribution is -0.122. The number of nitrogens with zero attached hydrogens (tertiary/aromatic N) is 4. The molecule has 0 aromatic heterocycles. The zero-order chi connectivity index (χ0) is 27.8. The van der Waals surface area contributed by atoms with E-state index in [4.69, 9.17) is 14.9 Å². The van der Waals surface area contributed by atoms with Gasteiger partial charge in [0.1, 0.15) is 5.75 Å². The molecule has 0 spiro atoms. The van der Waals surface area contributed by atoms with Crippen molar-refractivity contribution in [3.05, 3.63) is 103 Å². The second-order valence-corrected chi connectivity index (χ2v) is 10.1. The molecule has 4 aromatic rings. The van der Waals surface area contributed by atoms with Crippen LogP contribution >= 0.6 is 0 Å². The van der Waals surface area contributed by atoms with Crippen molar-refractivity contribution in [2.45, 2.75) is 26.7 Å². The summed E-state index contributed by atoms with van der Waals surface area (Å²) in [7, 11) is 0. The Hall–Kier alpha value is -4.78. The first kappa shape index (κ1) is 25.5. The summed E-state index contributed by atoms with van der Waals surface area (Å²) < 4.78 is 6.18. The van der Waals surface area contributed by atoms with Crippen molar-refractivity contribution in [3.63, 3.8) is 0 Å². The van der Waals surface area contributed by atoms with E-state index in [2.05, 4.69) is 0 Å². The zero-order valence-corrected chi connectivity index (χ0v) is 22.7. The fraction of sp³-hybridized carbons (Fsp3) is 0.212.